The summed E-state index contributed by atoms with van der Waals surface area (Å²) >= 11 is 3.65. The molecule has 17 heavy (non-hydrogen) atoms. The van der Waals surface area contributed by atoms with Gasteiger partial charge < -0.3 is 10.2 Å². The number of aryl methyl sites for hydroxylation is 1. The van der Waals surface area contributed by atoms with E-state index in [1.165, 1.54) is 28.6 Å². The second kappa shape index (κ2) is 5.87. The van der Waals surface area contributed by atoms with Crippen molar-refractivity contribution in [3.05, 3.63) is 28.2 Å². The van der Waals surface area contributed by atoms with Gasteiger partial charge in [0, 0.05) is 23.6 Å². The third-order valence-corrected chi connectivity index (χ3v) is 3.98. The zero-order valence-corrected chi connectivity index (χ0v) is 12.3. The highest BCUT2D eigenvalue weighted by atomic mass is 79.9. The van der Waals surface area contributed by atoms with Gasteiger partial charge in [-0.05, 0) is 59.9 Å². The highest BCUT2D eigenvalue weighted by Gasteiger charge is 2.23. The number of rotatable bonds is 4. The van der Waals surface area contributed by atoms with Crippen LogP contribution in [0.15, 0.2) is 22.7 Å². The molecule has 0 bridgehead atoms. The van der Waals surface area contributed by atoms with E-state index in [9.17, 15) is 0 Å². The molecule has 1 atom stereocenters. The molecule has 2 nitrogen and oxygen atoms in total. The standard InChI is InChI=1S/C14H21BrN2/c1-3-7-16-12-6-8-17(10-12)14-9-11(2)4-5-13(14)15/h4-5,9,12,16H,3,6-8,10H2,1-2H3. The van der Waals surface area contributed by atoms with Gasteiger partial charge in [0.15, 0.2) is 0 Å². The zero-order chi connectivity index (χ0) is 12.3. The fraction of sp³-hybridized carbons (Fsp3) is 0.571. The summed E-state index contributed by atoms with van der Waals surface area (Å²) in [4.78, 5) is 2.48. The van der Waals surface area contributed by atoms with Crippen LogP contribution in [-0.4, -0.2) is 25.7 Å². The van der Waals surface area contributed by atoms with Crippen LogP contribution in [0.2, 0.25) is 0 Å². The lowest BCUT2D eigenvalue weighted by molar-refractivity contribution is 0.549. The van der Waals surface area contributed by atoms with Crippen molar-refractivity contribution in [1.82, 2.24) is 5.32 Å². The van der Waals surface area contributed by atoms with Crippen molar-refractivity contribution < 1.29 is 0 Å². The van der Waals surface area contributed by atoms with Crippen LogP contribution in [0, 0.1) is 6.92 Å². The molecule has 94 valence electrons. The first-order chi connectivity index (χ1) is 8.20. The second-order valence-electron chi connectivity index (χ2n) is 4.84. The number of hydrogen-bond donors (Lipinski definition) is 1. The van der Waals surface area contributed by atoms with E-state index < -0.39 is 0 Å². The molecule has 0 spiro atoms. The summed E-state index contributed by atoms with van der Waals surface area (Å²) < 4.78 is 1.21. The van der Waals surface area contributed by atoms with Gasteiger partial charge in [-0.15, -0.1) is 0 Å². The van der Waals surface area contributed by atoms with Crippen molar-refractivity contribution in [3.63, 3.8) is 0 Å². The van der Waals surface area contributed by atoms with Crippen LogP contribution >= 0.6 is 15.9 Å². The lowest BCUT2D eigenvalue weighted by Gasteiger charge is -2.21. The third-order valence-electron chi connectivity index (χ3n) is 3.31. The van der Waals surface area contributed by atoms with E-state index in [4.69, 9.17) is 0 Å². The number of nitrogens with zero attached hydrogens (tertiary/aromatic N) is 1. The third kappa shape index (κ3) is 3.23. The van der Waals surface area contributed by atoms with Gasteiger partial charge in [0.2, 0.25) is 0 Å². The monoisotopic (exact) mass is 296 g/mol. The summed E-state index contributed by atoms with van der Waals surface area (Å²) in [5.74, 6) is 0. The predicted octanol–water partition coefficient (Wildman–Crippen LogP) is 3.34. The molecule has 0 amide bonds. The molecule has 1 heterocycles. The Morgan fingerprint density at radius 1 is 1.47 bits per heavy atom. The summed E-state index contributed by atoms with van der Waals surface area (Å²) in [5.41, 5.74) is 2.67. The molecule has 1 unspecified atom stereocenters. The minimum absolute atomic E-state index is 0.655. The second-order valence-corrected chi connectivity index (χ2v) is 5.69. The molecule has 1 N–H and O–H groups in total. The van der Waals surface area contributed by atoms with E-state index >= 15 is 0 Å². The van der Waals surface area contributed by atoms with Crippen molar-refractivity contribution in [2.45, 2.75) is 32.7 Å². The maximum Gasteiger partial charge on any atom is 0.0513 e. The molecule has 1 saturated heterocycles. The van der Waals surface area contributed by atoms with Gasteiger partial charge in [0.05, 0.1) is 5.69 Å². The van der Waals surface area contributed by atoms with Crippen molar-refractivity contribution in [2.24, 2.45) is 0 Å². The molecule has 1 aromatic rings. The number of anilines is 1. The zero-order valence-electron chi connectivity index (χ0n) is 10.7. The van der Waals surface area contributed by atoms with Crippen molar-refractivity contribution in [3.8, 4) is 0 Å². The molecule has 2 rings (SSSR count). The first kappa shape index (κ1) is 12.9. The summed E-state index contributed by atoms with van der Waals surface area (Å²) in [5, 5.41) is 3.61. The van der Waals surface area contributed by atoms with Crippen molar-refractivity contribution in [1.29, 1.82) is 0 Å². The van der Waals surface area contributed by atoms with Crippen LogP contribution in [0.1, 0.15) is 25.3 Å². The van der Waals surface area contributed by atoms with Gasteiger partial charge in [0.25, 0.3) is 0 Å². The van der Waals surface area contributed by atoms with Crippen molar-refractivity contribution in [2.75, 3.05) is 24.5 Å². The molecule has 0 aromatic heterocycles. The Morgan fingerprint density at radius 2 is 2.29 bits per heavy atom. The molecule has 1 aliphatic heterocycles. The summed E-state index contributed by atoms with van der Waals surface area (Å²) in [6, 6.07) is 7.22. The number of nitrogens with one attached hydrogen (secondary N) is 1. The SMILES string of the molecule is CCCNC1CCN(c2cc(C)ccc2Br)C1. The number of hydrogen-bond acceptors (Lipinski definition) is 2. The van der Waals surface area contributed by atoms with E-state index in [2.05, 4.69) is 58.2 Å². The van der Waals surface area contributed by atoms with Gasteiger partial charge in [-0.2, -0.15) is 0 Å². The highest BCUT2D eigenvalue weighted by molar-refractivity contribution is 9.10. The van der Waals surface area contributed by atoms with Crippen LogP contribution in [0.5, 0.6) is 0 Å². The van der Waals surface area contributed by atoms with E-state index in [0.29, 0.717) is 6.04 Å². The van der Waals surface area contributed by atoms with Crippen LogP contribution in [0.25, 0.3) is 0 Å². The van der Waals surface area contributed by atoms with E-state index in [-0.39, 0.29) is 0 Å². The fourth-order valence-corrected chi connectivity index (χ4v) is 2.86. The molecule has 0 radical (unpaired) electrons. The number of halogens is 1. The molecule has 1 aliphatic rings. The van der Waals surface area contributed by atoms with Crippen LogP contribution < -0.4 is 10.2 Å². The molecular formula is C14H21BrN2. The van der Waals surface area contributed by atoms with Crippen LogP contribution in [0.4, 0.5) is 5.69 Å². The summed E-state index contributed by atoms with van der Waals surface area (Å²) in [6.07, 6.45) is 2.46. The number of benzene rings is 1. The maximum absolute atomic E-state index is 3.65. The molecule has 0 saturated carbocycles. The highest BCUT2D eigenvalue weighted by Crippen LogP contribution is 2.29. The van der Waals surface area contributed by atoms with Gasteiger partial charge >= 0.3 is 0 Å². The van der Waals surface area contributed by atoms with Gasteiger partial charge in [-0.25, -0.2) is 0 Å². The molecular weight excluding hydrogens is 276 g/mol. The smallest absolute Gasteiger partial charge is 0.0513 e. The Bertz CT molecular complexity index is 378. The Morgan fingerprint density at radius 3 is 3.06 bits per heavy atom. The fourth-order valence-electron chi connectivity index (χ4n) is 2.36. The lowest BCUT2D eigenvalue weighted by Crippen LogP contribution is -2.33. The first-order valence-corrected chi connectivity index (χ1v) is 7.24. The van der Waals surface area contributed by atoms with Gasteiger partial charge in [-0.1, -0.05) is 13.0 Å². The summed E-state index contributed by atoms with van der Waals surface area (Å²) in [6.45, 7) is 7.79. The Hall–Kier alpha value is -0.540. The molecule has 1 aromatic carbocycles. The topological polar surface area (TPSA) is 15.3 Å². The Kier molecular flexibility index (Phi) is 4.46. The summed E-state index contributed by atoms with van der Waals surface area (Å²) in [7, 11) is 0. The maximum atomic E-state index is 3.65. The van der Waals surface area contributed by atoms with Crippen LogP contribution in [-0.2, 0) is 0 Å². The molecule has 0 aliphatic carbocycles. The van der Waals surface area contributed by atoms with E-state index in [1.54, 1.807) is 0 Å². The Labute approximate surface area is 113 Å². The van der Waals surface area contributed by atoms with E-state index in [1.807, 2.05) is 0 Å². The first-order valence-electron chi connectivity index (χ1n) is 6.45. The van der Waals surface area contributed by atoms with Gasteiger partial charge in [0.1, 0.15) is 0 Å². The minimum atomic E-state index is 0.655. The normalized spacial score (nSPS) is 19.9. The minimum Gasteiger partial charge on any atom is -0.369 e. The predicted molar refractivity (Wildman–Crippen MR) is 77.8 cm³/mol. The lowest BCUT2D eigenvalue weighted by atomic mass is 10.2. The quantitative estimate of drug-likeness (QED) is 0.917. The van der Waals surface area contributed by atoms with Gasteiger partial charge in [-0.3, -0.25) is 0 Å². The van der Waals surface area contributed by atoms with Crippen molar-refractivity contribution >= 4 is 21.6 Å². The average molecular weight is 297 g/mol. The van der Waals surface area contributed by atoms with E-state index in [0.717, 1.165) is 19.6 Å². The Balaban J connectivity index is 2.02. The average Bonchev–Trinajstić information content (AvgIpc) is 2.78. The largest absolute Gasteiger partial charge is 0.369 e. The molecule has 1 fully saturated rings. The molecule has 3 heteroatoms. The van der Waals surface area contributed by atoms with Crippen LogP contribution in [0.3, 0.4) is 0 Å².